The van der Waals surface area contributed by atoms with Crippen LogP contribution in [0.1, 0.15) is 67.8 Å². The van der Waals surface area contributed by atoms with E-state index in [4.69, 9.17) is 9.47 Å². The van der Waals surface area contributed by atoms with Crippen LogP contribution in [0.4, 0.5) is 10.7 Å². The molecule has 11 heteroatoms. The first-order valence-electron chi connectivity index (χ1n) is 17.7. The van der Waals surface area contributed by atoms with Gasteiger partial charge in [0.1, 0.15) is 21.7 Å². The topological polar surface area (TPSA) is 123 Å². The Morgan fingerprint density at radius 2 is 1.63 bits per heavy atom. The van der Waals surface area contributed by atoms with Gasteiger partial charge in [-0.1, -0.05) is 79.7 Å². The van der Waals surface area contributed by atoms with Crippen LogP contribution in [0.25, 0.3) is 6.08 Å². The highest BCUT2D eigenvalue weighted by Gasteiger charge is 2.31. The van der Waals surface area contributed by atoms with Crippen LogP contribution in [0.3, 0.4) is 0 Å². The zero-order valence-electron chi connectivity index (χ0n) is 30.2. The van der Waals surface area contributed by atoms with Crippen LogP contribution >= 0.6 is 23.1 Å². The largest absolute Gasteiger partial charge is 0.493 e. The Morgan fingerprint density at radius 3 is 2.37 bits per heavy atom. The van der Waals surface area contributed by atoms with Crippen molar-refractivity contribution in [2.75, 3.05) is 24.4 Å². The second-order valence-electron chi connectivity index (χ2n) is 12.8. The molecule has 3 amide bonds. The quantitative estimate of drug-likeness (QED) is 0.0623. The average molecular weight is 760 g/mol. The van der Waals surface area contributed by atoms with Gasteiger partial charge in [-0.3, -0.25) is 14.4 Å². The summed E-state index contributed by atoms with van der Waals surface area (Å²) in [7, 11) is 1.35. The number of anilines is 2. The van der Waals surface area contributed by atoms with Gasteiger partial charge in [-0.2, -0.15) is 0 Å². The van der Waals surface area contributed by atoms with Crippen molar-refractivity contribution in [1.29, 1.82) is 0 Å². The lowest BCUT2D eigenvalue weighted by atomic mass is 9.88. The van der Waals surface area contributed by atoms with Gasteiger partial charge in [0.15, 0.2) is 0 Å². The maximum Gasteiger partial charge on any atom is 0.341 e. The fourth-order valence-corrected chi connectivity index (χ4v) is 8.69. The van der Waals surface area contributed by atoms with Crippen molar-refractivity contribution in [1.82, 2.24) is 5.32 Å². The Bertz CT molecular complexity index is 2170. The predicted molar refractivity (Wildman–Crippen MR) is 215 cm³/mol. The molecule has 0 radical (unpaired) electrons. The molecule has 3 N–H and O–H groups in total. The molecule has 0 fully saturated rings. The fourth-order valence-electron chi connectivity index (χ4n) is 6.20. The summed E-state index contributed by atoms with van der Waals surface area (Å²) in [6.45, 7) is 4.49. The summed E-state index contributed by atoms with van der Waals surface area (Å²) < 4.78 is 10.9. The molecule has 4 aromatic carbocycles. The van der Waals surface area contributed by atoms with Crippen molar-refractivity contribution < 1.29 is 28.7 Å². The highest BCUT2D eigenvalue weighted by molar-refractivity contribution is 8.00. The van der Waals surface area contributed by atoms with Gasteiger partial charge < -0.3 is 25.4 Å². The standard InChI is InChI=1S/C43H41N3O6S2/c1-4-52-35-21-12-11-18-30(35)25-34(45-39(47)29-16-9-6-10-17-29)40(48)44-31-19-13-20-32(26-31)53-38(28-14-7-5-8-15-28)41(49)46-42-37(43(50)51-3)33-23-22-27(2)24-36(33)54-42/h5-21,25-27,38H,4,22-24H2,1-3H3,(H,44,48)(H,45,47)(H,46,49)/b34-25+. The van der Waals surface area contributed by atoms with Crippen LogP contribution in [0.2, 0.25) is 0 Å². The first-order valence-corrected chi connectivity index (χ1v) is 19.4. The van der Waals surface area contributed by atoms with Crippen molar-refractivity contribution in [3.05, 3.63) is 148 Å². The Kier molecular flexibility index (Phi) is 12.6. The van der Waals surface area contributed by atoms with E-state index in [0.717, 1.165) is 35.3 Å². The molecule has 5 aromatic rings. The summed E-state index contributed by atoms with van der Waals surface area (Å²) in [4.78, 5) is 56.1. The Labute approximate surface area is 323 Å². The number of para-hydroxylation sites is 1. The molecule has 1 aliphatic carbocycles. The number of amides is 3. The lowest BCUT2D eigenvalue weighted by Gasteiger charge is -2.18. The van der Waals surface area contributed by atoms with Crippen molar-refractivity contribution >= 4 is 63.6 Å². The molecule has 276 valence electrons. The minimum absolute atomic E-state index is 0.0186. The average Bonchev–Trinajstić information content (AvgIpc) is 3.54. The summed E-state index contributed by atoms with van der Waals surface area (Å²) in [6.07, 6.45) is 4.16. The molecule has 1 aromatic heterocycles. The van der Waals surface area contributed by atoms with Gasteiger partial charge >= 0.3 is 5.97 Å². The van der Waals surface area contributed by atoms with E-state index < -0.39 is 23.0 Å². The maximum atomic E-state index is 14.2. The number of esters is 1. The SMILES string of the molecule is CCOc1ccccc1/C=C(/NC(=O)c1ccccc1)C(=O)Nc1cccc(SC(C(=O)Nc2sc3c(c2C(=O)OC)CCC(C)C3)c2ccccc2)c1. The second kappa shape index (κ2) is 17.9. The number of hydrogen-bond acceptors (Lipinski definition) is 8. The van der Waals surface area contributed by atoms with E-state index >= 15 is 0 Å². The summed E-state index contributed by atoms with van der Waals surface area (Å²) in [5.74, 6) is -0.680. The minimum Gasteiger partial charge on any atom is -0.493 e. The maximum absolute atomic E-state index is 14.2. The number of fused-ring (bicyclic) bond motifs is 1. The van der Waals surface area contributed by atoms with Crippen molar-refractivity contribution in [3.63, 3.8) is 0 Å². The Hall–Kier alpha value is -5.65. The highest BCUT2D eigenvalue weighted by Crippen LogP contribution is 2.42. The summed E-state index contributed by atoms with van der Waals surface area (Å²) >= 11 is 2.76. The van der Waals surface area contributed by atoms with E-state index in [1.807, 2.05) is 61.5 Å². The Morgan fingerprint density at radius 1 is 0.907 bits per heavy atom. The first-order chi connectivity index (χ1) is 26.2. The second-order valence-corrected chi connectivity index (χ2v) is 15.1. The molecule has 54 heavy (non-hydrogen) atoms. The van der Waals surface area contributed by atoms with Crippen LogP contribution in [0.5, 0.6) is 5.75 Å². The molecule has 2 atom stereocenters. The third kappa shape index (κ3) is 9.28. The van der Waals surface area contributed by atoms with Gasteiger partial charge in [0.05, 0.1) is 19.3 Å². The number of methoxy groups -OCH3 is 1. The molecule has 0 spiro atoms. The molecule has 1 heterocycles. The molecular weight excluding hydrogens is 719 g/mol. The van der Waals surface area contributed by atoms with Crippen molar-refractivity contribution in [2.45, 2.75) is 43.3 Å². The molecule has 0 saturated heterocycles. The molecule has 0 saturated carbocycles. The van der Waals surface area contributed by atoms with E-state index in [1.54, 1.807) is 60.7 Å². The summed E-state index contributed by atoms with van der Waals surface area (Å²) in [5, 5.41) is 8.58. The van der Waals surface area contributed by atoms with Gasteiger partial charge in [0.2, 0.25) is 5.91 Å². The van der Waals surface area contributed by atoms with Gasteiger partial charge in [-0.05, 0) is 85.7 Å². The summed E-state index contributed by atoms with van der Waals surface area (Å²) in [5.41, 5.74) is 3.66. The van der Waals surface area contributed by atoms with Crippen LogP contribution in [-0.4, -0.2) is 37.4 Å². The lowest BCUT2D eigenvalue weighted by Crippen LogP contribution is -2.30. The van der Waals surface area contributed by atoms with E-state index in [0.29, 0.717) is 50.5 Å². The number of carbonyl (C=O) groups is 4. The number of benzene rings is 4. The van der Waals surface area contributed by atoms with Crippen LogP contribution in [0, 0.1) is 5.92 Å². The van der Waals surface area contributed by atoms with Gasteiger partial charge in [0.25, 0.3) is 11.8 Å². The third-order valence-electron chi connectivity index (χ3n) is 8.87. The van der Waals surface area contributed by atoms with Crippen LogP contribution in [0.15, 0.2) is 120 Å². The van der Waals surface area contributed by atoms with Crippen LogP contribution in [-0.2, 0) is 27.2 Å². The molecule has 0 bridgehead atoms. The zero-order valence-corrected chi connectivity index (χ0v) is 31.9. The number of thiophene rings is 1. The number of nitrogens with one attached hydrogen (secondary N) is 3. The highest BCUT2D eigenvalue weighted by atomic mass is 32.2. The molecular formula is C43H41N3O6S2. The first kappa shape index (κ1) is 38.1. The fraction of sp³-hybridized carbons (Fsp3) is 0.209. The number of hydrogen-bond donors (Lipinski definition) is 3. The van der Waals surface area contributed by atoms with Gasteiger partial charge in [0, 0.05) is 26.6 Å². The monoisotopic (exact) mass is 759 g/mol. The molecule has 0 aliphatic heterocycles. The normalized spacial score (nSPS) is 14.3. The number of thioether (sulfide) groups is 1. The summed E-state index contributed by atoms with van der Waals surface area (Å²) in [6, 6.07) is 32.5. The zero-order chi connectivity index (χ0) is 38.0. The van der Waals surface area contributed by atoms with Gasteiger partial charge in [-0.25, -0.2) is 4.79 Å². The number of carbonyl (C=O) groups excluding carboxylic acids is 4. The van der Waals surface area contributed by atoms with Crippen molar-refractivity contribution in [2.24, 2.45) is 5.92 Å². The van der Waals surface area contributed by atoms with Gasteiger partial charge in [-0.15, -0.1) is 23.1 Å². The van der Waals surface area contributed by atoms with E-state index in [2.05, 4.69) is 22.9 Å². The number of rotatable bonds is 13. The van der Waals surface area contributed by atoms with E-state index in [9.17, 15) is 19.2 Å². The molecule has 1 aliphatic rings. The smallest absolute Gasteiger partial charge is 0.341 e. The lowest BCUT2D eigenvalue weighted by molar-refractivity contribution is -0.116. The van der Waals surface area contributed by atoms with E-state index in [1.165, 1.54) is 30.2 Å². The molecule has 6 rings (SSSR count). The van der Waals surface area contributed by atoms with Crippen LogP contribution < -0.4 is 20.7 Å². The molecule has 2 unspecified atom stereocenters. The minimum atomic E-state index is -0.698. The third-order valence-corrected chi connectivity index (χ3v) is 11.3. The number of ether oxygens (including phenoxy) is 2. The van der Waals surface area contributed by atoms with Crippen molar-refractivity contribution in [3.8, 4) is 5.75 Å². The molecule has 9 nitrogen and oxygen atoms in total. The van der Waals surface area contributed by atoms with E-state index in [-0.39, 0.29) is 11.6 Å². The predicted octanol–water partition coefficient (Wildman–Crippen LogP) is 8.94. The Balaban J connectivity index is 1.26.